The van der Waals surface area contributed by atoms with Crippen molar-refractivity contribution in [2.45, 2.75) is 12.8 Å². The second kappa shape index (κ2) is 7.83. The third-order valence-corrected chi connectivity index (χ3v) is 4.68. The van der Waals surface area contributed by atoms with Gasteiger partial charge < -0.3 is 0 Å². The van der Waals surface area contributed by atoms with Crippen molar-refractivity contribution in [2.24, 2.45) is 5.10 Å². The number of hydrogen-bond acceptors (Lipinski definition) is 2. The van der Waals surface area contributed by atoms with Crippen molar-refractivity contribution in [3.63, 3.8) is 0 Å². The van der Waals surface area contributed by atoms with E-state index in [9.17, 15) is 4.79 Å². The summed E-state index contributed by atoms with van der Waals surface area (Å²) in [6.45, 7) is 0. The molecular weight excluding hydrogens is 332 g/mol. The number of carbonyl (C=O) groups is 1. The molecular formula is C24H20N2O. The summed E-state index contributed by atoms with van der Waals surface area (Å²) in [7, 11) is 0. The van der Waals surface area contributed by atoms with E-state index in [0.29, 0.717) is 12.8 Å². The number of carbonyl (C=O) groups excluding carboxylic acids is 1. The zero-order valence-corrected chi connectivity index (χ0v) is 14.9. The zero-order valence-electron chi connectivity index (χ0n) is 14.9. The Balaban J connectivity index is 1.54. The fourth-order valence-corrected chi connectivity index (χ4v) is 3.32. The molecule has 3 heteroatoms. The predicted molar refractivity (Wildman–Crippen MR) is 112 cm³/mol. The molecule has 0 spiro atoms. The molecule has 0 aliphatic carbocycles. The van der Waals surface area contributed by atoms with E-state index in [1.807, 2.05) is 54.6 Å². The highest BCUT2D eigenvalue weighted by atomic mass is 16.2. The average molecular weight is 352 g/mol. The van der Waals surface area contributed by atoms with Crippen LogP contribution in [0.5, 0.6) is 0 Å². The lowest BCUT2D eigenvalue weighted by Gasteiger charge is -2.08. The van der Waals surface area contributed by atoms with Crippen LogP contribution in [0.15, 0.2) is 90.0 Å². The Morgan fingerprint density at radius 2 is 1.41 bits per heavy atom. The molecule has 4 aromatic rings. The van der Waals surface area contributed by atoms with E-state index in [1.54, 1.807) is 6.21 Å². The van der Waals surface area contributed by atoms with Gasteiger partial charge in [-0.1, -0.05) is 78.9 Å². The van der Waals surface area contributed by atoms with Crippen molar-refractivity contribution in [1.82, 2.24) is 5.43 Å². The Morgan fingerprint density at radius 3 is 2.07 bits per heavy atom. The average Bonchev–Trinajstić information content (AvgIpc) is 2.72. The molecule has 1 amide bonds. The number of nitrogens with one attached hydrogen (secondary N) is 1. The fourth-order valence-electron chi connectivity index (χ4n) is 3.32. The summed E-state index contributed by atoms with van der Waals surface area (Å²) in [6, 6.07) is 28.6. The molecule has 0 radical (unpaired) electrons. The van der Waals surface area contributed by atoms with Gasteiger partial charge in [0.1, 0.15) is 0 Å². The Kier molecular flexibility index (Phi) is 4.93. The third kappa shape index (κ3) is 3.87. The summed E-state index contributed by atoms with van der Waals surface area (Å²) in [4.78, 5) is 12.1. The van der Waals surface area contributed by atoms with Crippen molar-refractivity contribution in [1.29, 1.82) is 0 Å². The van der Waals surface area contributed by atoms with E-state index in [0.717, 1.165) is 32.7 Å². The number of nitrogens with zero attached hydrogens (tertiary/aromatic N) is 1. The largest absolute Gasteiger partial charge is 0.273 e. The van der Waals surface area contributed by atoms with Crippen molar-refractivity contribution < 1.29 is 4.79 Å². The quantitative estimate of drug-likeness (QED) is 0.304. The predicted octanol–water partition coefficient (Wildman–Crippen LogP) is 5.08. The van der Waals surface area contributed by atoms with Crippen LogP contribution in [0, 0.1) is 0 Å². The lowest BCUT2D eigenvalue weighted by atomic mass is 9.97. The molecule has 0 atom stereocenters. The maximum absolute atomic E-state index is 12.1. The number of aryl methyl sites for hydroxylation is 1. The third-order valence-electron chi connectivity index (χ3n) is 4.68. The van der Waals surface area contributed by atoms with Crippen LogP contribution in [-0.4, -0.2) is 12.1 Å². The van der Waals surface area contributed by atoms with Gasteiger partial charge in [-0.05, 0) is 39.6 Å². The van der Waals surface area contributed by atoms with Crippen LogP contribution in [0.4, 0.5) is 0 Å². The molecule has 132 valence electrons. The maximum Gasteiger partial charge on any atom is 0.240 e. The Morgan fingerprint density at radius 1 is 0.815 bits per heavy atom. The minimum absolute atomic E-state index is 0.0837. The number of hydrogen-bond donors (Lipinski definition) is 1. The second-order valence-electron chi connectivity index (χ2n) is 6.51. The molecule has 0 aliphatic heterocycles. The van der Waals surface area contributed by atoms with Crippen LogP contribution in [0.25, 0.3) is 21.5 Å². The van der Waals surface area contributed by atoms with Gasteiger partial charge in [-0.25, -0.2) is 5.43 Å². The minimum atomic E-state index is -0.0837. The first kappa shape index (κ1) is 17.0. The standard InChI is InChI=1S/C24H20N2O/c27-24(15-14-18-8-2-1-3-9-18)26-25-17-23-21-12-6-4-10-19(21)16-20-11-5-7-13-22(20)23/h1-13,16-17H,14-15H2,(H,26,27)/b25-17-. The smallest absolute Gasteiger partial charge is 0.240 e. The van der Waals surface area contributed by atoms with Crippen LogP contribution in [0.2, 0.25) is 0 Å². The molecule has 27 heavy (non-hydrogen) atoms. The first-order valence-corrected chi connectivity index (χ1v) is 9.07. The monoisotopic (exact) mass is 352 g/mol. The number of fused-ring (bicyclic) bond motifs is 2. The van der Waals surface area contributed by atoms with Gasteiger partial charge in [0.2, 0.25) is 5.91 Å². The highest BCUT2D eigenvalue weighted by Gasteiger charge is 2.06. The minimum Gasteiger partial charge on any atom is -0.273 e. The van der Waals surface area contributed by atoms with Gasteiger partial charge in [-0.2, -0.15) is 5.10 Å². The van der Waals surface area contributed by atoms with Crippen LogP contribution in [-0.2, 0) is 11.2 Å². The number of rotatable bonds is 5. The number of amides is 1. The molecule has 0 saturated carbocycles. The van der Waals surface area contributed by atoms with Crippen molar-refractivity contribution in [2.75, 3.05) is 0 Å². The van der Waals surface area contributed by atoms with Gasteiger partial charge >= 0.3 is 0 Å². The molecule has 0 saturated heterocycles. The zero-order chi connectivity index (χ0) is 18.5. The topological polar surface area (TPSA) is 41.5 Å². The van der Waals surface area contributed by atoms with Gasteiger partial charge in [-0.15, -0.1) is 0 Å². The lowest BCUT2D eigenvalue weighted by Crippen LogP contribution is -2.17. The summed E-state index contributed by atoms with van der Waals surface area (Å²) in [5.74, 6) is -0.0837. The number of benzene rings is 4. The molecule has 3 nitrogen and oxygen atoms in total. The van der Waals surface area contributed by atoms with E-state index in [-0.39, 0.29) is 5.91 Å². The Hall–Kier alpha value is -3.46. The van der Waals surface area contributed by atoms with Gasteiger partial charge in [0.15, 0.2) is 0 Å². The van der Waals surface area contributed by atoms with Gasteiger partial charge in [0, 0.05) is 12.0 Å². The van der Waals surface area contributed by atoms with Crippen LogP contribution < -0.4 is 5.43 Å². The van der Waals surface area contributed by atoms with Crippen molar-refractivity contribution in [3.8, 4) is 0 Å². The summed E-state index contributed by atoms with van der Waals surface area (Å²) in [5, 5.41) is 8.80. The SMILES string of the molecule is O=C(CCc1ccccc1)N/N=C\c1c2ccccc2cc2ccccc12. The molecule has 4 rings (SSSR count). The fraction of sp³-hybridized carbons (Fsp3) is 0.0833. The first-order chi connectivity index (χ1) is 13.3. The van der Waals surface area contributed by atoms with Gasteiger partial charge in [0.05, 0.1) is 6.21 Å². The maximum atomic E-state index is 12.1. The van der Waals surface area contributed by atoms with Crippen molar-refractivity contribution >= 4 is 33.7 Å². The van der Waals surface area contributed by atoms with Crippen LogP contribution >= 0.6 is 0 Å². The van der Waals surface area contributed by atoms with E-state index < -0.39 is 0 Å². The molecule has 0 unspecified atom stereocenters. The molecule has 0 aromatic heterocycles. The second-order valence-corrected chi connectivity index (χ2v) is 6.51. The highest BCUT2D eigenvalue weighted by Crippen LogP contribution is 2.27. The first-order valence-electron chi connectivity index (χ1n) is 9.07. The lowest BCUT2D eigenvalue weighted by molar-refractivity contribution is -0.121. The highest BCUT2D eigenvalue weighted by molar-refractivity contribution is 6.13. The molecule has 0 fully saturated rings. The summed E-state index contributed by atoms with van der Waals surface area (Å²) in [5.41, 5.74) is 4.83. The molecule has 0 bridgehead atoms. The summed E-state index contributed by atoms with van der Waals surface area (Å²) in [6.07, 6.45) is 2.88. The van der Waals surface area contributed by atoms with E-state index in [4.69, 9.17) is 0 Å². The molecule has 1 N–H and O–H groups in total. The molecule has 0 heterocycles. The molecule has 0 aliphatic rings. The van der Waals surface area contributed by atoms with Gasteiger partial charge in [-0.3, -0.25) is 4.79 Å². The van der Waals surface area contributed by atoms with E-state index >= 15 is 0 Å². The van der Waals surface area contributed by atoms with Crippen molar-refractivity contribution in [3.05, 3.63) is 96.1 Å². The van der Waals surface area contributed by atoms with E-state index in [2.05, 4.69) is 40.9 Å². The van der Waals surface area contributed by atoms with Gasteiger partial charge in [0.25, 0.3) is 0 Å². The van der Waals surface area contributed by atoms with Crippen LogP contribution in [0.1, 0.15) is 17.5 Å². The Bertz CT molecular complexity index is 1060. The summed E-state index contributed by atoms with van der Waals surface area (Å²) >= 11 is 0. The van der Waals surface area contributed by atoms with Crippen LogP contribution in [0.3, 0.4) is 0 Å². The normalized spacial score (nSPS) is 11.3. The number of hydrazone groups is 1. The Labute approximate surface area is 158 Å². The van der Waals surface area contributed by atoms with E-state index in [1.165, 1.54) is 0 Å². The molecule has 4 aromatic carbocycles. The summed E-state index contributed by atoms with van der Waals surface area (Å²) < 4.78 is 0.